The van der Waals surface area contributed by atoms with E-state index in [-0.39, 0.29) is 6.42 Å². The number of oxime groups is 1. The van der Waals surface area contributed by atoms with Crippen LogP contribution in [0.4, 0.5) is 0 Å². The first-order chi connectivity index (χ1) is 6.77. The van der Waals surface area contributed by atoms with Crippen molar-refractivity contribution >= 4 is 35.9 Å². The van der Waals surface area contributed by atoms with Gasteiger partial charge in [0.05, 0.1) is 12.6 Å². The Hall–Kier alpha value is -1.62. The molecule has 0 atom stereocenters. The van der Waals surface area contributed by atoms with Crippen LogP contribution in [-0.4, -0.2) is 17.3 Å². The maximum atomic E-state index is 10.5. The average Bonchev–Trinajstić information content (AvgIpc) is 2.37. The molecule has 0 aromatic carbocycles. The molecular weight excluding hydrogens is 202 g/mol. The monoisotopic (exact) mass is 209 g/mol. The first-order valence-corrected chi connectivity index (χ1v) is 4.83. The van der Waals surface area contributed by atoms with Crippen molar-refractivity contribution in [3.8, 4) is 0 Å². The van der Waals surface area contributed by atoms with E-state index in [1.165, 1.54) is 17.6 Å². The number of nitrogens with zero attached hydrogens (tertiary/aromatic N) is 1. The van der Waals surface area contributed by atoms with E-state index in [0.717, 1.165) is 15.3 Å². The fourth-order valence-corrected chi connectivity index (χ4v) is 2.12. The van der Waals surface area contributed by atoms with Crippen molar-refractivity contribution in [3.05, 3.63) is 20.7 Å². The highest BCUT2D eigenvalue weighted by atomic mass is 32.1. The van der Waals surface area contributed by atoms with E-state index in [1.54, 1.807) is 12.3 Å². The molecule has 0 unspecified atom stereocenters. The second kappa shape index (κ2) is 3.63. The number of carboxylic acids is 1. The molecule has 1 aliphatic heterocycles. The number of carboxylic acid groups (broad SMARTS) is 1. The standard InChI is InChI=1S/C9H7NO3S/c11-9(12)3-6-5-14-8-1-2-10-13-4-7(6)8/h1-2,4-5H,3H2,(H,11,12). The summed E-state index contributed by atoms with van der Waals surface area (Å²) in [6.07, 6.45) is 4.84. The molecule has 0 saturated heterocycles. The van der Waals surface area contributed by atoms with E-state index in [4.69, 9.17) is 9.94 Å². The molecule has 0 spiro atoms. The van der Waals surface area contributed by atoms with Crippen molar-refractivity contribution in [1.82, 2.24) is 0 Å². The lowest BCUT2D eigenvalue weighted by molar-refractivity contribution is -0.136. The molecule has 0 saturated carbocycles. The lowest BCUT2D eigenvalue weighted by Crippen LogP contribution is -2.23. The first kappa shape index (κ1) is 8.96. The summed E-state index contributed by atoms with van der Waals surface area (Å²) >= 11 is 1.49. The van der Waals surface area contributed by atoms with Gasteiger partial charge in [0.1, 0.15) is 6.26 Å². The van der Waals surface area contributed by atoms with Crippen molar-refractivity contribution in [3.63, 3.8) is 0 Å². The van der Waals surface area contributed by atoms with Crippen LogP contribution in [0.3, 0.4) is 0 Å². The van der Waals surface area contributed by atoms with Gasteiger partial charge >= 0.3 is 5.97 Å². The zero-order chi connectivity index (χ0) is 9.97. The van der Waals surface area contributed by atoms with E-state index in [0.29, 0.717) is 0 Å². The van der Waals surface area contributed by atoms with Crippen molar-refractivity contribution in [2.75, 3.05) is 0 Å². The summed E-state index contributed by atoms with van der Waals surface area (Å²) < 4.78 is 0.975. The number of thiophene rings is 1. The summed E-state index contributed by atoms with van der Waals surface area (Å²) in [6, 6.07) is 0. The molecule has 14 heavy (non-hydrogen) atoms. The van der Waals surface area contributed by atoms with E-state index < -0.39 is 5.97 Å². The summed E-state index contributed by atoms with van der Waals surface area (Å²) in [5.41, 5.74) is 0.763. The minimum absolute atomic E-state index is 0.0134. The molecule has 4 nitrogen and oxygen atoms in total. The van der Waals surface area contributed by atoms with Crippen LogP contribution in [0.15, 0.2) is 10.5 Å². The Morgan fingerprint density at radius 2 is 2.50 bits per heavy atom. The highest BCUT2D eigenvalue weighted by Gasteiger charge is 2.05. The van der Waals surface area contributed by atoms with Crippen LogP contribution < -0.4 is 9.75 Å². The third kappa shape index (κ3) is 1.67. The molecular formula is C9H7NO3S. The fourth-order valence-electron chi connectivity index (χ4n) is 1.20. The number of rotatable bonds is 2. The smallest absolute Gasteiger partial charge is 0.307 e. The summed E-state index contributed by atoms with van der Waals surface area (Å²) in [5, 5.41) is 14.9. The van der Waals surface area contributed by atoms with Crippen LogP contribution in [0.2, 0.25) is 0 Å². The minimum atomic E-state index is -0.843. The van der Waals surface area contributed by atoms with Crippen molar-refractivity contribution in [2.24, 2.45) is 5.16 Å². The lowest BCUT2D eigenvalue weighted by Gasteiger charge is -1.90. The van der Waals surface area contributed by atoms with Crippen LogP contribution >= 0.6 is 11.3 Å². The molecule has 1 aliphatic rings. The third-order valence-electron chi connectivity index (χ3n) is 1.80. The molecule has 0 bridgehead atoms. The van der Waals surface area contributed by atoms with Crippen LogP contribution in [-0.2, 0) is 16.1 Å². The maximum absolute atomic E-state index is 10.5. The Labute approximate surface area is 83.4 Å². The largest absolute Gasteiger partial charge is 0.481 e. The summed E-state index contributed by atoms with van der Waals surface area (Å²) in [5.74, 6) is -0.843. The molecule has 5 heteroatoms. The summed E-state index contributed by atoms with van der Waals surface area (Å²) in [7, 11) is 0. The van der Waals surface area contributed by atoms with Gasteiger partial charge < -0.3 is 9.94 Å². The van der Waals surface area contributed by atoms with Crippen LogP contribution in [0, 0.1) is 0 Å². The second-order valence-electron chi connectivity index (χ2n) is 2.75. The molecule has 0 fully saturated rings. The van der Waals surface area contributed by atoms with E-state index in [2.05, 4.69) is 5.16 Å². The Kier molecular flexibility index (Phi) is 2.32. The second-order valence-corrected chi connectivity index (χ2v) is 3.67. The zero-order valence-corrected chi connectivity index (χ0v) is 7.95. The van der Waals surface area contributed by atoms with Crippen LogP contribution in [0.25, 0.3) is 12.3 Å². The number of aliphatic carboxylic acids is 1. The van der Waals surface area contributed by atoms with Gasteiger partial charge in [0, 0.05) is 9.75 Å². The molecule has 0 amide bonds. The van der Waals surface area contributed by atoms with Crippen molar-refractivity contribution in [1.29, 1.82) is 0 Å². The Morgan fingerprint density at radius 1 is 1.64 bits per heavy atom. The lowest BCUT2D eigenvalue weighted by atomic mass is 10.2. The zero-order valence-electron chi connectivity index (χ0n) is 7.14. The number of fused-ring (bicyclic) bond motifs is 1. The predicted octanol–water partition coefficient (Wildman–Crippen LogP) is -0.0903. The Bertz CT molecular complexity index is 501. The minimum Gasteiger partial charge on any atom is -0.481 e. The molecule has 2 heterocycles. The van der Waals surface area contributed by atoms with E-state index in [9.17, 15) is 4.79 Å². The van der Waals surface area contributed by atoms with Crippen molar-refractivity contribution in [2.45, 2.75) is 6.42 Å². The summed E-state index contributed by atoms with van der Waals surface area (Å²) in [4.78, 5) is 15.4. The normalized spacial score (nSPS) is 13.1. The highest BCUT2D eigenvalue weighted by molar-refractivity contribution is 7.08. The first-order valence-electron chi connectivity index (χ1n) is 3.95. The molecule has 1 aromatic rings. The molecule has 1 aromatic heterocycles. The van der Waals surface area contributed by atoms with Gasteiger partial charge in [-0.3, -0.25) is 4.79 Å². The maximum Gasteiger partial charge on any atom is 0.307 e. The van der Waals surface area contributed by atoms with Gasteiger partial charge in [0.15, 0.2) is 0 Å². The fraction of sp³-hybridized carbons (Fsp3) is 0.111. The van der Waals surface area contributed by atoms with Gasteiger partial charge in [-0.1, -0.05) is 5.16 Å². The Balaban J connectivity index is 2.53. The predicted molar refractivity (Wildman–Crippen MR) is 53.4 cm³/mol. The van der Waals surface area contributed by atoms with Gasteiger partial charge in [0.2, 0.25) is 0 Å². The van der Waals surface area contributed by atoms with E-state index in [1.807, 2.05) is 5.38 Å². The molecule has 72 valence electrons. The van der Waals surface area contributed by atoms with E-state index >= 15 is 0 Å². The number of hydrogen-bond acceptors (Lipinski definition) is 4. The topological polar surface area (TPSA) is 58.9 Å². The van der Waals surface area contributed by atoms with Gasteiger partial charge in [0.25, 0.3) is 0 Å². The Morgan fingerprint density at radius 3 is 3.29 bits per heavy atom. The number of hydrogen-bond donors (Lipinski definition) is 1. The number of carbonyl (C=O) groups is 1. The molecule has 0 radical (unpaired) electrons. The SMILES string of the molecule is O=C(O)Cc1csc2c1=CON=CC=2. The van der Waals surface area contributed by atoms with Crippen molar-refractivity contribution < 1.29 is 14.7 Å². The third-order valence-corrected chi connectivity index (χ3v) is 2.81. The molecule has 0 aliphatic carbocycles. The molecule has 1 N–H and O–H groups in total. The average molecular weight is 209 g/mol. The molecule has 2 rings (SSSR count). The van der Waals surface area contributed by atoms with Crippen LogP contribution in [0.1, 0.15) is 5.56 Å². The van der Waals surface area contributed by atoms with Gasteiger partial charge in [-0.15, -0.1) is 11.3 Å². The summed E-state index contributed by atoms with van der Waals surface area (Å²) in [6.45, 7) is 0. The highest BCUT2D eigenvalue weighted by Crippen LogP contribution is 1.97. The van der Waals surface area contributed by atoms with Gasteiger partial charge in [-0.25, -0.2) is 0 Å². The van der Waals surface area contributed by atoms with Crippen LogP contribution in [0.5, 0.6) is 0 Å². The van der Waals surface area contributed by atoms with Gasteiger partial charge in [-0.2, -0.15) is 0 Å². The van der Waals surface area contributed by atoms with Gasteiger partial charge in [-0.05, 0) is 17.0 Å². The quantitative estimate of drug-likeness (QED) is 0.740.